The number of hydrogen-bond acceptors (Lipinski definition) is 6. The number of Topliss-reactive ketones (excluding diaryl/α,β-unsaturated/α-hetero) is 1. The summed E-state index contributed by atoms with van der Waals surface area (Å²) in [5.74, 6) is -3.37. The zero-order chi connectivity index (χ0) is 23.6. The van der Waals surface area contributed by atoms with Gasteiger partial charge >= 0.3 is 11.9 Å². The van der Waals surface area contributed by atoms with Gasteiger partial charge in [-0.3, -0.25) is 4.79 Å². The van der Waals surface area contributed by atoms with Gasteiger partial charge in [-0.2, -0.15) is 0 Å². The monoisotopic (exact) mass is 507 g/mol. The van der Waals surface area contributed by atoms with Crippen LogP contribution < -0.4 is 5.32 Å². The smallest absolute Gasteiger partial charge is 0.345 e. The number of rotatable bonds is 6. The summed E-state index contributed by atoms with van der Waals surface area (Å²) in [6.07, 6.45) is -0.982. The third-order valence-corrected chi connectivity index (χ3v) is 6.29. The van der Waals surface area contributed by atoms with Gasteiger partial charge in [0.2, 0.25) is 5.54 Å². The second-order valence-electron chi connectivity index (χ2n) is 7.88. The maximum atomic E-state index is 13.9. The number of cyclic esters (lactones) is 1. The molecule has 3 atom stereocenters. The number of carbonyl (C=O) groups is 3. The van der Waals surface area contributed by atoms with Gasteiger partial charge in [0.15, 0.2) is 5.78 Å². The molecule has 1 fully saturated rings. The second kappa shape index (κ2) is 9.19. The van der Waals surface area contributed by atoms with Gasteiger partial charge in [-0.15, -0.1) is 0 Å². The van der Waals surface area contributed by atoms with E-state index in [2.05, 4.69) is 21.2 Å². The molecule has 1 aliphatic rings. The Hall–Kier alpha value is -3.45. The molecule has 0 aliphatic carbocycles. The van der Waals surface area contributed by atoms with E-state index in [1.807, 2.05) is 25.1 Å². The Bertz CT molecular complexity index is 1180. The average Bonchev–Trinajstić information content (AvgIpc) is 3.12. The molecule has 0 bridgehead atoms. The Morgan fingerprint density at radius 3 is 2.21 bits per heavy atom. The quantitative estimate of drug-likeness (QED) is 0.291. The highest BCUT2D eigenvalue weighted by Crippen LogP contribution is 2.46. The first-order chi connectivity index (χ1) is 15.9. The van der Waals surface area contributed by atoms with E-state index in [1.54, 1.807) is 60.7 Å². The van der Waals surface area contributed by atoms with Crippen LogP contribution in [0.2, 0.25) is 0 Å². The second-order valence-corrected chi connectivity index (χ2v) is 8.79. The number of halogens is 1. The van der Waals surface area contributed by atoms with E-state index in [0.717, 1.165) is 10.0 Å². The third kappa shape index (κ3) is 4.16. The first-order valence-corrected chi connectivity index (χ1v) is 11.1. The number of aryl methyl sites for hydroxylation is 1. The lowest BCUT2D eigenvalue weighted by atomic mass is 9.75. The number of benzene rings is 3. The van der Waals surface area contributed by atoms with Crippen LogP contribution in [0, 0.1) is 12.8 Å². The van der Waals surface area contributed by atoms with Crippen LogP contribution in [-0.4, -0.2) is 30.4 Å². The van der Waals surface area contributed by atoms with E-state index in [1.165, 1.54) is 7.11 Å². The highest BCUT2D eigenvalue weighted by atomic mass is 79.9. The van der Waals surface area contributed by atoms with Gasteiger partial charge in [-0.25, -0.2) is 9.59 Å². The predicted molar refractivity (Wildman–Crippen MR) is 127 cm³/mol. The van der Waals surface area contributed by atoms with E-state index in [9.17, 15) is 14.4 Å². The Balaban J connectivity index is 1.90. The van der Waals surface area contributed by atoms with E-state index in [-0.39, 0.29) is 0 Å². The molecule has 168 valence electrons. The lowest BCUT2D eigenvalue weighted by Gasteiger charge is -2.31. The molecule has 3 unspecified atom stereocenters. The van der Waals surface area contributed by atoms with E-state index in [4.69, 9.17) is 9.47 Å². The fraction of sp³-hybridized carbons (Fsp3) is 0.192. The van der Waals surface area contributed by atoms with Crippen molar-refractivity contribution in [1.29, 1.82) is 0 Å². The summed E-state index contributed by atoms with van der Waals surface area (Å²) >= 11 is 3.37. The van der Waals surface area contributed by atoms with E-state index in [0.29, 0.717) is 16.8 Å². The number of carbonyl (C=O) groups excluding carboxylic acids is 3. The summed E-state index contributed by atoms with van der Waals surface area (Å²) < 4.78 is 11.6. The van der Waals surface area contributed by atoms with Crippen molar-refractivity contribution in [3.63, 3.8) is 0 Å². The number of anilines is 1. The maximum absolute atomic E-state index is 13.9. The van der Waals surface area contributed by atoms with Crippen LogP contribution in [0.4, 0.5) is 5.69 Å². The summed E-state index contributed by atoms with van der Waals surface area (Å²) in [5, 5.41) is 3.00. The normalized spacial score (nSPS) is 21.8. The zero-order valence-corrected chi connectivity index (χ0v) is 19.7. The Labute approximate surface area is 200 Å². The van der Waals surface area contributed by atoms with Crippen molar-refractivity contribution in [1.82, 2.24) is 0 Å². The van der Waals surface area contributed by atoms with Crippen LogP contribution in [0.3, 0.4) is 0 Å². The predicted octanol–water partition coefficient (Wildman–Crippen LogP) is 4.88. The molecule has 0 saturated carbocycles. The highest BCUT2D eigenvalue weighted by molar-refractivity contribution is 9.10. The average molecular weight is 508 g/mol. The molecule has 1 saturated heterocycles. The van der Waals surface area contributed by atoms with Gasteiger partial charge in [0.1, 0.15) is 12.0 Å². The fourth-order valence-corrected chi connectivity index (χ4v) is 4.34. The summed E-state index contributed by atoms with van der Waals surface area (Å²) in [4.78, 5) is 40.5. The molecule has 1 N–H and O–H groups in total. The lowest BCUT2D eigenvalue weighted by Crippen LogP contribution is -2.58. The van der Waals surface area contributed by atoms with Gasteiger partial charge in [-0.05, 0) is 36.8 Å². The minimum Gasteiger partial charge on any atom is -0.467 e. The Kier molecular flexibility index (Phi) is 6.33. The molecule has 0 radical (unpaired) electrons. The van der Waals surface area contributed by atoms with Crippen LogP contribution in [-0.2, 0) is 19.1 Å². The molecule has 1 aliphatic heterocycles. The molecule has 1 heterocycles. The number of methoxy groups -OCH3 is 1. The number of ether oxygens (including phenoxy) is 2. The van der Waals surface area contributed by atoms with Crippen LogP contribution in [0.5, 0.6) is 0 Å². The van der Waals surface area contributed by atoms with Gasteiger partial charge in [0, 0.05) is 15.7 Å². The van der Waals surface area contributed by atoms with Gasteiger partial charge < -0.3 is 14.8 Å². The van der Waals surface area contributed by atoms with Crippen molar-refractivity contribution in [2.24, 2.45) is 5.92 Å². The first-order valence-electron chi connectivity index (χ1n) is 10.4. The van der Waals surface area contributed by atoms with Crippen LogP contribution in [0.25, 0.3) is 0 Å². The number of hydrogen-bond donors (Lipinski definition) is 1. The molecule has 0 amide bonds. The van der Waals surface area contributed by atoms with Gasteiger partial charge in [0.25, 0.3) is 0 Å². The van der Waals surface area contributed by atoms with E-state index >= 15 is 0 Å². The zero-order valence-electron chi connectivity index (χ0n) is 18.1. The largest absolute Gasteiger partial charge is 0.467 e. The molecular formula is C26H22BrNO5. The molecular weight excluding hydrogens is 486 g/mol. The molecule has 4 rings (SSSR count). The molecule has 6 nitrogen and oxygen atoms in total. The standard InChI is InChI=1S/C26H22BrNO5/c1-16-8-10-18(11-9-16)23-21(22(29)17-12-14-19(27)15-13-17)26(24(30)32-2,25(31)33-23)28-20-6-4-3-5-7-20/h3-15,21,23,28H,1-2H3. The molecule has 33 heavy (non-hydrogen) atoms. The van der Waals surface area contributed by atoms with Crippen LogP contribution in [0.15, 0.2) is 83.3 Å². The SMILES string of the molecule is COC(=O)C1(Nc2ccccc2)C(=O)OC(c2ccc(C)cc2)C1C(=O)c1ccc(Br)cc1. The van der Waals surface area contributed by atoms with E-state index < -0.39 is 35.3 Å². The summed E-state index contributed by atoms with van der Waals surface area (Å²) in [5.41, 5.74) is 0.404. The van der Waals surface area contributed by atoms with Crippen molar-refractivity contribution in [2.45, 2.75) is 18.6 Å². The molecule has 0 aromatic heterocycles. The first kappa shape index (κ1) is 22.7. The van der Waals surface area contributed by atoms with Crippen molar-refractivity contribution < 1.29 is 23.9 Å². The third-order valence-electron chi connectivity index (χ3n) is 5.76. The number of ketones is 1. The molecule has 0 spiro atoms. The summed E-state index contributed by atoms with van der Waals surface area (Å²) in [6.45, 7) is 1.94. The molecule has 3 aromatic carbocycles. The Morgan fingerprint density at radius 2 is 1.61 bits per heavy atom. The number of esters is 2. The molecule has 3 aromatic rings. The van der Waals surface area contributed by atoms with Crippen molar-refractivity contribution in [3.05, 3.63) is 100 Å². The highest BCUT2D eigenvalue weighted by Gasteiger charge is 2.66. The number of nitrogens with one attached hydrogen (secondary N) is 1. The van der Waals surface area contributed by atoms with Crippen LogP contribution in [0.1, 0.15) is 27.6 Å². The summed E-state index contributed by atoms with van der Waals surface area (Å²) in [7, 11) is 1.18. The minimum atomic E-state index is -2.06. The molecule has 7 heteroatoms. The Morgan fingerprint density at radius 1 is 0.970 bits per heavy atom. The lowest BCUT2D eigenvalue weighted by molar-refractivity contribution is -0.156. The van der Waals surface area contributed by atoms with Gasteiger partial charge in [-0.1, -0.05) is 76.1 Å². The fourth-order valence-electron chi connectivity index (χ4n) is 4.08. The topological polar surface area (TPSA) is 81.7 Å². The maximum Gasteiger partial charge on any atom is 0.345 e. The van der Waals surface area contributed by atoms with Gasteiger partial charge in [0.05, 0.1) is 7.11 Å². The van der Waals surface area contributed by atoms with Crippen molar-refractivity contribution in [3.8, 4) is 0 Å². The van der Waals surface area contributed by atoms with Crippen molar-refractivity contribution in [2.75, 3.05) is 12.4 Å². The minimum absolute atomic E-state index is 0.349. The number of para-hydroxylation sites is 1. The van der Waals surface area contributed by atoms with Crippen LogP contribution >= 0.6 is 15.9 Å². The van der Waals surface area contributed by atoms with Crippen molar-refractivity contribution >= 4 is 39.3 Å². The summed E-state index contributed by atoms with van der Waals surface area (Å²) in [6, 6.07) is 22.8.